The van der Waals surface area contributed by atoms with Crippen LogP contribution in [0, 0.1) is 18.7 Å². The fourth-order valence-electron chi connectivity index (χ4n) is 3.70. The molecule has 2 aromatic rings. The van der Waals surface area contributed by atoms with Gasteiger partial charge in [-0.25, -0.2) is 12.8 Å². The summed E-state index contributed by atoms with van der Waals surface area (Å²) in [5.41, 5.74) is 2.48. The molecule has 1 amide bonds. The molecule has 1 aromatic carbocycles. The van der Waals surface area contributed by atoms with Crippen molar-refractivity contribution >= 4 is 26.6 Å². The van der Waals surface area contributed by atoms with Gasteiger partial charge in [0.25, 0.3) is 0 Å². The number of amides is 1. The van der Waals surface area contributed by atoms with Crippen LogP contribution >= 0.6 is 0 Å². The Morgan fingerprint density at radius 3 is 2.88 bits per heavy atom. The molecule has 2 heterocycles. The summed E-state index contributed by atoms with van der Waals surface area (Å²) >= 11 is 0. The van der Waals surface area contributed by atoms with Gasteiger partial charge in [0.15, 0.2) is 0 Å². The maximum absolute atomic E-state index is 13.6. The number of hydrogen-bond donors (Lipinski definition) is 1. The minimum absolute atomic E-state index is 0.00536. The highest BCUT2D eigenvalue weighted by molar-refractivity contribution is 7.90. The lowest BCUT2D eigenvalue weighted by Gasteiger charge is -2.32. The number of benzene rings is 1. The number of likely N-dealkylation sites (tertiary alicyclic amines) is 1. The zero-order chi connectivity index (χ0) is 18.2. The maximum atomic E-state index is 13.6. The average molecular weight is 366 g/mol. The molecular formula is C18H23FN2O3S. The standard InChI is InChI=1S/C18H23FN2O3S/c1-12-15(16-8-14(19)5-6-17(16)20-12)9-18(22)21-7-3-4-13(10-21)11-25(2,23)24/h5-6,8,13,20H,3-4,7,9-11H2,1-2H3. The number of piperidine rings is 1. The van der Waals surface area contributed by atoms with Gasteiger partial charge >= 0.3 is 0 Å². The van der Waals surface area contributed by atoms with Crippen LogP contribution in [0.5, 0.6) is 0 Å². The molecule has 0 saturated carbocycles. The van der Waals surface area contributed by atoms with E-state index in [1.165, 1.54) is 18.4 Å². The Kier molecular flexibility index (Phi) is 4.86. The summed E-state index contributed by atoms with van der Waals surface area (Å²) in [7, 11) is -3.05. The van der Waals surface area contributed by atoms with E-state index in [1.807, 2.05) is 6.92 Å². The van der Waals surface area contributed by atoms with Crippen molar-refractivity contribution in [3.05, 3.63) is 35.3 Å². The highest BCUT2D eigenvalue weighted by atomic mass is 32.2. The molecule has 1 N–H and O–H groups in total. The van der Waals surface area contributed by atoms with Crippen molar-refractivity contribution in [2.24, 2.45) is 5.92 Å². The number of sulfone groups is 1. The summed E-state index contributed by atoms with van der Waals surface area (Å²) in [5.74, 6) is -0.249. The second-order valence-electron chi connectivity index (χ2n) is 7.04. The summed E-state index contributed by atoms with van der Waals surface area (Å²) < 4.78 is 36.6. The van der Waals surface area contributed by atoms with Crippen LogP contribution in [-0.2, 0) is 21.1 Å². The van der Waals surface area contributed by atoms with Gasteiger partial charge in [-0.1, -0.05) is 0 Å². The molecule has 0 spiro atoms. The quantitative estimate of drug-likeness (QED) is 0.903. The fourth-order valence-corrected chi connectivity index (χ4v) is 4.83. The second kappa shape index (κ2) is 6.78. The molecule has 7 heteroatoms. The van der Waals surface area contributed by atoms with Crippen LogP contribution < -0.4 is 0 Å². The number of rotatable bonds is 4. The van der Waals surface area contributed by atoms with E-state index in [4.69, 9.17) is 0 Å². The third-order valence-corrected chi connectivity index (χ3v) is 5.90. The topological polar surface area (TPSA) is 70.2 Å². The summed E-state index contributed by atoms with van der Waals surface area (Å²) in [6, 6.07) is 4.52. The van der Waals surface area contributed by atoms with Crippen molar-refractivity contribution in [1.29, 1.82) is 0 Å². The smallest absolute Gasteiger partial charge is 0.227 e. The lowest BCUT2D eigenvalue weighted by atomic mass is 9.99. The molecule has 1 aliphatic rings. The maximum Gasteiger partial charge on any atom is 0.227 e. The zero-order valence-corrected chi connectivity index (χ0v) is 15.3. The van der Waals surface area contributed by atoms with E-state index in [0.29, 0.717) is 13.1 Å². The molecule has 1 aliphatic heterocycles. The number of nitrogens with zero attached hydrogens (tertiary/aromatic N) is 1. The van der Waals surface area contributed by atoms with Gasteiger partial charge in [-0.05, 0) is 49.4 Å². The first kappa shape index (κ1) is 17.9. The van der Waals surface area contributed by atoms with Gasteiger partial charge in [-0.3, -0.25) is 4.79 Å². The number of aryl methyl sites for hydroxylation is 1. The van der Waals surface area contributed by atoms with Crippen LogP contribution in [0.4, 0.5) is 4.39 Å². The summed E-state index contributed by atoms with van der Waals surface area (Å²) in [4.78, 5) is 17.7. The molecule has 1 atom stereocenters. The molecule has 1 aromatic heterocycles. The first-order valence-corrected chi connectivity index (χ1v) is 10.5. The number of H-pyrrole nitrogens is 1. The average Bonchev–Trinajstić information content (AvgIpc) is 2.81. The van der Waals surface area contributed by atoms with Gasteiger partial charge in [-0.15, -0.1) is 0 Å². The molecule has 0 radical (unpaired) electrons. The Morgan fingerprint density at radius 1 is 1.40 bits per heavy atom. The Morgan fingerprint density at radius 2 is 2.16 bits per heavy atom. The molecule has 0 bridgehead atoms. The van der Waals surface area contributed by atoms with Crippen LogP contribution in [0.15, 0.2) is 18.2 Å². The Hall–Kier alpha value is -1.89. The Labute approximate surface area is 147 Å². The zero-order valence-electron chi connectivity index (χ0n) is 14.5. The molecule has 136 valence electrons. The predicted octanol–water partition coefficient (Wildman–Crippen LogP) is 2.44. The van der Waals surface area contributed by atoms with Gasteiger partial charge in [-0.2, -0.15) is 0 Å². The van der Waals surface area contributed by atoms with Crippen molar-refractivity contribution in [3.63, 3.8) is 0 Å². The van der Waals surface area contributed by atoms with E-state index in [-0.39, 0.29) is 29.8 Å². The highest BCUT2D eigenvalue weighted by Gasteiger charge is 2.27. The third kappa shape index (κ3) is 4.21. The minimum atomic E-state index is -3.05. The molecule has 5 nitrogen and oxygen atoms in total. The van der Waals surface area contributed by atoms with Gasteiger partial charge in [0.2, 0.25) is 5.91 Å². The van der Waals surface area contributed by atoms with Gasteiger partial charge in [0, 0.05) is 35.9 Å². The van der Waals surface area contributed by atoms with Gasteiger partial charge in [0.1, 0.15) is 15.7 Å². The van der Waals surface area contributed by atoms with E-state index in [2.05, 4.69) is 4.98 Å². The van der Waals surface area contributed by atoms with Crippen LogP contribution in [0.3, 0.4) is 0 Å². The first-order valence-electron chi connectivity index (χ1n) is 8.45. The first-order chi connectivity index (χ1) is 11.7. The van der Waals surface area contributed by atoms with Crippen LogP contribution in [0.1, 0.15) is 24.1 Å². The third-order valence-electron chi connectivity index (χ3n) is 4.82. The summed E-state index contributed by atoms with van der Waals surface area (Å²) in [6.45, 7) is 3.00. The highest BCUT2D eigenvalue weighted by Crippen LogP contribution is 2.25. The summed E-state index contributed by atoms with van der Waals surface area (Å²) in [5, 5.41) is 0.732. The molecule has 1 fully saturated rings. The molecule has 0 aliphatic carbocycles. The number of aromatic amines is 1. The molecule has 3 rings (SSSR count). The van der Waals surface area contributed by atoms with Gasteiger partial charge < -0.3 is 9.88 Å². The number of fused-ring (bicyclic) bond motifs is 1. The molecule has 25 heavy (non-hydrogen) atoms. The lowest BCUT2D eigenvalue weighted by molar-refractivity contribution is -0.132. The van der Waals surface area contributed by atoms with Crippen molar-refractivity contribution in [2.45, 2.75) is 26.2 Å². The van der Waals surface area contributed by atoms with Crippen LogP contribution in [-0.4, -0.2) is 49.3 Å². The van der Waals surface area contributed by atoms with E-state index < -0.39 is 9.84 Å². The van der Waals surface area contributed by atoms with Crippen molar-refractivity contribution in [3.8, 4) is 0 Å². The SMILES string of the molecule is Cc1[nH]c2ccc(F)cc2c1CC(=O)N1CCCC(CS(C)(=O)=O)C1. The number of hydrogen-bond acceptors (Lipinski definition) is 3. The largest absolute Gasteiger partial charge is 0.358 e. The van der Waals surface area contributed by atoms with Crippen LogP contribution in [0.2, 0.25) is 0 Å². The predicted molar refractivity (Wildman–Crippen MR) is 95.7 cm³/mol. The van der Waals surface area contributed by atoms with Crippen LogP contribution in [0.25, 0.3) is 10.9 Å². The number of carbonyl (C=O) groups excluding carboxylic acids is 1. The normalized spacial score (nSPS) is 18.7. The molecular weight excluding hydrogens is 343 g/mol. The second-order valence-corrected chi connectivity index (χ2v) is 9.22. The molecule has 1 unspecified atom stereocenters. The van der Waals surface area contributed by atoms with Crippen molar-refractivity contribution in [1.82, 2.24) is 9.88 Å². The fraction of sp³-hybridized carbons (Fsp3) is 0.500. The number of nitrogens with one attached hydrogen (secondary N) is 1. The van der Waals surface area contributed by atoms with E-state index >= 15 is 0 Å². The van der Waals surface area contributed by atoms with Gasteiger partial charge in [0.05, 0.1) is 12.2 Å². The number of carbonyl (C=O) groups is 1. The summed E-state index contributed by atoms with van der Waals surface area (Å²) in [6.07, 6.45) is 3.07. The van der Waals surface area contributed by atoms with E-state index in [1.54, 1.807) is 11.0 Å². The molecule has 1 saturated heterocycles. The van der Waals surface area contributed by atoms with Crippen molar-refractivity contribution < 1.29 is 17.6 Å². The van der Waals surface area contributed by atoms with E-state index in [0.717, 1.165) is 35.0 Å². The van der Waals surface area contributed by atoms with E-state index in [9.17, 15) is 17.6 Å². The van der Waals surface area contributed by atoms with Crippen molar-refractivity contribution in [2.75, 3.05) is 25.1 Å². The lowest BCUT2D eigenvalue weighted by Crippen LogP contribution is -2.42. The number of halogens is 1. The minimum Gasteiger partial charge on any atom is -0.358 e. The Balaban J connectivity index is 1.76. The Bertz CT molecular complexity index is 904. The number of aromatic nitrogens is 1. The monoisotopic (exact) mass is 366 g/mol.